The van der Waals surface area contributed by atoms with Gasteiger partial charge >= 0.3 is 48.6 Å². The molecule has 3 aliphatic carbocycles. The molecule has 0 aromatic heterocycles. The maximum absolute atomic E-state index is 12.3. The summed E-state index contributed by atoms with van der Waals surface area (Å²) in [6, 6.07) is 33.3. The van der Waals surface area contributed by atoms with Gasteiger partial charge in [-0.1, -0.05) is 249 Å². The molecule has 27 nitrogen and oxygen atoms in total. The minimum absolute atomic E-state index is 0. The summed E-state index contributed by atoms with van der Waals surface area (Å²) < 4.78 is 62.8. The Labute approximate surface area is 863 Å². The predicted molar refractivity (Wildman–Crippen MR) is 574 cm³/mol. The molecule has 0 saturated heterocycles. The molecule has 4 aromatic rings. The minimum Gasteiger partial charge on any atom is -0.490 e. The zero-order valence-corrected chi connectivity index (χ0v) is 93.3. The van der Waals surface area contributed by atoms with Crippen molar-refractivity contribution in [1.29, 1.82) is 0 Å². The minimum atomic E-state index is -0.443. The lowest BCUT2D eigenvalue weighted by Crippen LogP contribution is -2.44. The summed E-state index contributed by atoms with van der Waals surface area (Å²) >= 11 is 0. The first-order valence-electron chi connectivity index (χ1n) is 52.3. The Morgan fingerprint density at radius 2 is 0.671 bits per heavy atom. The molecule has 0 aliphatic heterocycles. The third kappa shape index (κ3) is 56.1. The number of hydrogen-bond donors (Lipinski definition) is 7. The van der Waals surface area contributed by atoms with Gasteiger partial charge in [0.15, 0.2) is 0 Å². The summed E-state index contributed by atoms with van der Waals surface area (Å²) in [5, 5.41) is 19.8. The van der Waals surface area contributed by atoms with E-state index in [1.54, 1.807) is 0 Å². The standard InChI is InChI=1S/C32H52N2O5.C30H49NO5.C28H48N2O5.C25H42N2O5.CH4/c1-31(2,3)22-32(4,5)25-11-17-28(18-12-25)38-19-20-39-30(36)34-27-15-9-24(10-16-27)21-23-7-13-26(14-8-23)33-29(35)37-6;1-27(2,3)19-29(6,7)23-10-12-24(13-11-23)35-14-15-36-26(33)31-21-30(8)18-22(16-25(32)34-9)17-28(4,5)20-30;1-21(18-29-24(31)33-9)14-15-27(5,6)20-30-25(32)35-17-16-34-23-12-10-22(11-13-23)28(7,8)19-26(2,3)4;1-24(2,3)19-25(4,5)20-11-13-21(14-12-20)31-17-18-32-23(29)27-16-10-8-7-9-15-26-22(28)30-6;/h11-12,17-18,23-24,26-27H,7-10,13-16,19-22H2,1-6H3,(H,33,35)(H,34,36);10-13,22H,14-21H2,1-9H3,(H,31,33);10-13,21H,14-20H2,1-9H3,(H,29,31)(H,30,32);11-14H,7-10,15-19H2,1-6H3,(H,26,28)(H,27,29);1H4. The number of ether oxygens (including phenoxy) is 12. The van der Waals surface area contributed by atoms with E-state index in [0.29, 0.717) is 71.5 Å². The second-order valence-electron chi connectivity index (χ2n) is 49.3. The third-order valence-corrected chi connectivity index (χ3v) is 26.5. The van der Waals surface area contributed by atoms with E-state index < -0.39 is 30.5 Å². The molecule has 27 heteroatoms. The molecular weight excluding hydrogens is 1810 g/mol. The van der Waals surface area contributed by atoms with Crippen LogP contribution >= 0.6 is 0 Å². The first kappa shape index (κ1) is 128. The topological polar surface area (TPSA) is 332 Å². The number of esters is 1. The summed E-state index contributed by atoms with van der Waals surface area (Å²) in [6.07, 6.45) is 20.3. The summed E-state index contributed by atoms with van der Waals surface area (Å²) in [5.41, 5.74) is 6.48. The molecule has 814 valence electrons. The zero-order chi connectivity index (χ0) is 106. The molecule has 7 N–H and O–H groups in total. The van der Waals surface area contributed by atoms with E-state index in [0.717, 1.165) is 157 Å². The zero-order valence-electron chi connectivity index (χ0n) is 93.3. The molecule has 3 saturated carbocycles. The van der Waals surface area contributed by atoms with Crippen LogP contribution in [0.4, 0.5) is 33.6 Å². The van der Waals surface area contributed by atoms with E-state index in [-0.39, 0.29) is 130 Å². The van der Waals surface area contributed by atoms with Crippen LogP contribution in [0.1, 0.15) is 357 Å². The van der Waals surface area contributed by atoms with E-state index >= 15 is 0 Å². The van der Waals surface area contributed by atoms with Gasteiger partial charge < -0.3 is 94.1 Å². The van der Waals surface area contributed by atoms with Crippen LogP contribution in [0.2, 0.25) is 0 Å². The Kier molecular flexibility index (Phi) is 54.6. The number of benzene rings is 4. The van der Waals surface area contributed by atoms with E-state index in [1.807, 2.05) is 48.5 Å². The Hall–Kier alpha value is -9.56. The fourth-order valence-corrected chi connectivity index (χ4v) is 21.3. The quantitative estimate of drug-likeness (QED) is 0.0123. The van der Waals surface area contributed by atoms with Gasteiger partial charge in [-0.15, -0.1) is 0 Å². The molecule has 0 spiro atoms. The van der Waals surface area contributed by atoms with Crippen molar-refractivity contribution in [1.82, 2.24) is 37.2 Å². The van der Waals surface area contributed by atoms with Crippen molar-refractivity contribution in [3.05, 3.63) is 119 Å². The highest BCUT2D eigenvalue weighted by molar-refractivity contribution is 5.70. The van der Waals surface area contributed by atoms with Crippen molar-refractivity contribution in [3.8, 4) is 23.0 Å². The number of carbonyl (C=O) groups excluding carboxylic acids is 8. The van der Waals surface area contributed by atoms with E-state index in [4.69, 9.17) is 47.4 Å². The van der Waals surface area contributed by atoms with Crippen molar-refractivity contribution in [2.75, 3.05) is 114 Å². The van der Waals surface area contributed by atoms with Crippen LogP contribution < -0.4 is 56.2 Å². The van der Waals surface area contributed by atoms with E-state index in [2.05, 4.69) is 275 Å². The average molecular weight is 2010 g/mol. The van der Waals surface area contributed by atoms with Gasteiger partial charge in [-0.2, -0.15) is 0 Å². The number of carbonyl (C=O) groups is 8. The van der Waals surface area contributed by atoms with Crippen molar-refractivity contribution in [3.63, 3.8) is 0 Å². The molecule has 7 rings (SSSR count). The number of nitrogens with one attached hydrogen (secondary N) is 7. The number of amides is 7. The van der Waals surface area contributed by atoms with Gasteiger partial charge in [0.05, 0.1) is 28.4 Å². The second kappa shape index (κ2) is 61.1. The number of alkyl carbamates (subject to hydrolysis) is 7. The fourth-order valence-electron chi connectivity index (χ4n) is 21.3. The molecular formula is C116H195N7O20. The average Bonchev–Trinajstić information content (AvgIpc) is 0.783. The Morgan fingerprint density at radius 3 is 1.01 bits per heavy atom. The smallest absolute Gasteiger partial charge is 0.407 e. The molecule has 3 fully saturated rings. The molecule has 3 unspecified atom stereocenters. The van der Waals surface area contributed by atoms with Crippen LogP contribution in [-0.2, 0) is 64.3 Å². The third-order valence-electron chi connectivity index (χ3n) is 26.5. The SMILES string of the molecule is C.COC(=O)CC1CC(C)(C)CC(C)(CNC(=O)OCCOc2ccc(C(C)(C)CC(C)(C)C)cc2)C1.COC(=O)NC1CCC(CC2CCC(NC(=O)OCCOc3ccc(C(C)(C)CC(C)(C)C)cc3)CC2)CC1.COC(=O)NCC(C)CCC(C)(C)CNC(=O)OCCOc1ccc(C(C)(C)CC(C)(C)C)cc1.COC(=O)NCCCCCCNC(=O)OCCOc1ccc(C(C)(C)CC(C)(C)C)cc1. The van der Waals surface area contributed by atoms with Gasteiger partial charge in [0, 0.05) is 51.2 Å². The highest BCUT2D eigenvalue weighted by Crippen LogP contribution is 2.50. The summed E-state index contributed by atoms with van der Waals surface area (Å²) in [5.74, 6) is 4.96. The lowest BCUT2D eigenvalue weighted by Gasteiger charge is -2.46. The van der Waals surface area contributed by atoms with Crippen molar-refractivity contribution >= 4 is 48.6 Å². The number of methoxy groups -OCH3 is 4. The van der Waals surface area contributed by atoms with Crippen LogP contribution in [0, 0.1) is 61.6 Å². The normalized spacial score (nSPS) is 17.8. The van der Waals surface area contributed by atoms with Gasteiger partial charge in [-0.05, 0) is 282 Å². The van der Waals surface area contributed by atoms with Crippen molar-refractivity contribution < 1.29 is 95.2 Å². The van der Waals surface area contributed by atoms with Crippen molar-refractivity contribution in [2.45, 2.75) is 369 Å². The van der Waals surface area contributed by atoms with Crippen LogP contribution in [0.5, 0.6) is 23.0 Å². The Balaban J connectivity index is 0.000000490. The molecule has 0 heterocycles. The molecule has 143 heavy (non-hydrogen) atoms. The number of rotatable bonds is 46. The highest BCUT2D eigenvalue weighted by Gasteiger charge is 2.43. The summed E-state index contributed by atoms with van der Waals surface area (Å²) in [6.45, 7) is 63.0. The maximum Gasteiger partial charge on any atom is 0.407 e. The van der Waals surface area contributed by atoms with Gasteiger partial charge in [0.2, 0.25) is 0 Å². The molecule has 7 amide bonds. The maximum atomic E-state index is 12.3. The van der Waals surface area contributed by atoms with Crippen LogP contribution in [-0.4, -0.2) is 175 Å². The van der Waals surface area contributed by atoms with Crippen LogP contribution in [0.25, 0.3) is 0 Å². The highest BCUT2D eigenvalue weighted by atomic mass is 16.6. The van der Waals surface area contributed by atoms with Gasteiger partial charge in [0.25, 0.3) is 0 Å². The van der Waals surface area contributed by atoms with Crippen LogP contribution in [0.3, 0.4) is 0 Å². The van der Waals surface area contributed by atoms with Crippen LogP contribution in [0.15, 0.2) is 97.1 Å². The van der Waals surface area contributed by atoms with Gasteiger partial charge in [0.1, 0.15) is 75.9 Å². The largest absolute Gasteiger partial charge is 0.490 e. The van der Waals surface area contributed by atoms with E-state index in [1.165, 1.54) is 70.0 Å². The molecule has 3 aliphatic rings. The number of unbranched alkanes of at least 4 members (excludes halogenated alkanes) is 3. The summed E-state index contributed by atoms with van der Waals surface area (Å²) in [7, 11) is 5.54. The fraction of sp³-hybridized carbons (Fsp3) is 0.724. The van der Waals surface area contributed by atoms with Gasteiger partial charge in [-0.3, -0.25) is 4.79 Å². The van der Waals surface area contributed by atoms with E-state index in [9.17, 15) is 38.4 Å². The first-order chi connectivity index (χ1) is 66.1. The monoisotopic (exact) mass is 2010 g/mol. The summed E-state index contributed by atoms with van der Waals surface area (Å²) in [4.78, 5) is 93.7. The molecule has 4 aromatic carbocycles. The molecule has 0 bridgehead atoms. The number of hydrogen-bond acceptors (Lipinski definition) is 20. The second-order valence-corrected chi connectivity index (χ2v) is 49.3. The Bertz CT molecular complexity index is 4320. The lowest BCUT2D eigenvalue weighted by molar-refractivity contribution is -0.142. The van der Waals surface area contributed by atoms with Gasteiger partial charge in [-0.25, -0.2) is 33.6 Å². The van der Waals surface area contributed by atoms with Crippen molar-refractivity contribution in [2.24, 2.45) is 61.6 Å². The molecule has 3 atom stereocenters. The predicted octanol–water partition coefficient (Wildman–Crippen LogP) is 26.6. The Morgan fingerprint density at radius 1 is 0.357 bits per heavy atom. The first-order valence-corrected chi connectivity index (χ1v) is 52.3. The lowest BCUT2D eigenvalue weighted by atomic mass is 9.60. The molecule has 0 radical (unpaired) electrons.